The molecule has 0 saturated heterocycles. The van der Waals surface area contributed by atoms with Crippen molar-refractivity contribution in [2.45, 2.75) is 25.6 Å². The molecular weight excluding hydrogens is 328 g/mol. The van der Waals surface area contributed by atoms with Gasteiger partial charge in [0.25, 0.3) is 5.91 Å². The van der Waals surface area contributed by atoms with Crippen LogP contribution >= 0.6 is 0 Å². The largest absolute Gasteiger partial charge is 0.491 e. The summed E-state index contributed by atoms with van der Waals surface area (Å²) in [6.45, 7) is 1.83. The van der Waals surface area contributed by atoms with Crippen LogP contribution in [0.15, 0.2) is 61.2 Å². The van der Waals surface area contributed by atoms with Gasteiger partial charge in [-0.05, 0) is 30.7 Å². The maximum atomic E-state index is 13.2. The summed E-state index contributed by atoms with van der Waals surface area (Å²) in [6, 6.07) is 13.5. The summed E-state index contributed by atoms with van der Waals surface area (Å²) in [5, 5.41) is 0. The minimum absolute atomic E-state index is 0.00231. The van der Waals surface area contributed by atoms with Crippen molar-refractivity contribution in [2.24, 2.45) is 7.05 Å². The third kappa shape index (κ3) is 3.22. The summed E-state index contributed by atoms with van der Waals surface area (Å²) in [4.78, 5) is 19.3. The van der Waals surface area contributed by atoms with Gasteiger partial charge in [0.15, 0.2) is 0 Å². The summed E-state index contributed by atoms with van der Waals surface area (Å²) in [5.74, 6) is 0.845. The molecule has 3 heterocycles. The number of benzene rings is 1. The van der Waals surface area contributed by atoms with Crippen LogP contribution in [-0.4, -0.2) is 37.6 Å². The first kappa shape index (κ1) is 16.4. The quantitative estimate of drug-likeness (QED) is 0.727. The molecule has 1 amide bonds. The van der Waals surface area contributed by atoms with Gasteiger partial charge in [-0.25, -0.2) is 4.98 Å². The molecule has 0 radical (unpaired) electrons. The van der Waals surface area contributed by atoms with Crippen molar-refractivity contribution < 1.29 is 9.53 Å². The lowest BCUT2D eigenvalue weighted by Crippen LogP contribution is -2.43. The van der Waals surface area contributed by atoms with E-state index in [9.17, 15) is 4.79 Å². The van der Waals surface area contributed by atoms with Gasteiger partial charge in [-0.15, -0.1) is 0 Å². The van der Waals surface area contributed by atoms with Gasteiger partial charge in [-0.3, -0.25) is 4.79 Å². The van der Waals surface area contributed by atoms with Crippen LogP contribution in [-0.2, 0) is 20.1 Å². The number of carbonyl (C=O) groups excluding carboxylic acids is 1. The molecule has 0 unspecified atom stereocenters. The highest BCUT2D eigenvalue weighted by Crippen LogP contribution is 2.21. The summed E-state index contributed by atoms with van der Waals surface area (Å²) in [5.41, 5.74) is 1.73. The van der Waals surface area contributed by atoms with Gasteiger partial charge in [-0.2, -0.15) is 0 Å². The van der Waals surface area contributed by atoms with Gasteiger partial charge in [-0.1, -0.05) is 18.2 Å². The molecule has 134 valence electrons. The number of aryl methyl sites for hydroxylation is 2. The second-order valence-corrected chi connectivity index (χ2v) is 6.58. The molecule has 6 nitrogen and oxygen atoms in total. The Morgan fingerprint density at radius 1 is 1.23 bits per heavy atom. The second-order valence-electron chi connectivity index (χ2n) is 6.58. The minimum atomic E-state index is -0.00231. The molecule has 0 saturated carbocycles. The number of imidazole rings is 1. The smallest absolute Gasteiger partial charge is 0.271 e. The van der Waals surface area contributed by atoms with Gasteiger partial charge in [0.1, 0.15) is 18.1 Å². The Hall–Kier alpha value is -3.02. The number of hydrogen-bond donors (Lipinski definition) is 0. The van der Waals surface area contributed by atoms with Crippen LogP contribution in [0.4, 0.5) is 0 Å². The summed E-state index contributed by atoms with van der Waals surface area (Å²) >= 11 is 0. The summed E-state index contributed by atoms with van der Waals surface area (Å²) < 4.78 is 9.96. The van der Waals surface area contributed by atoms with Crippen molar-refractivity contribution in [1.82, 2.24) is 19.0 Å². The first-order chi connectivity index (χ1) is 12.7. The highest BCUT2D eigenvalue weighted by atomic mass is 16.5. The molecule has 4 rings (SSSR count). The van der Waals surface area contributed by atoms with Crippen LogP contribution in [0.1, 0.15) is 22.6 Å². The fourth-order valence-electron chi connectivity index (χ4n) is 3.38. The lowest BCUT2D eigenvalue weighted by Gasteiger charge is -2.29. The zero-order chi connectivity index (χ0) is 17.9. The Labute approximate surface area is 152 Å². The average Bonchev–Trinajstić information content (AvgIpc) is 3.25. The molecule has 1 aliphatic rings. The standard InChI is InChI=1S/C20H22N4O2/c1-22-10-5-8-19(22)20(25)24-13-17-12-21-15-23(17)11-9-16(24)14-26-18-6-3-2-4-7-18/h2-8,10,12,15-16H,9,11,13-14H2,1H3/t16-/m1/s1. The van der Waals surface area contributed by atoms with Crippen molar-refractivity contribution in [3.05, 3.63) is 72.6 Å². The fraction of sp³-hybridized carbons (Fsp3) is 0.300. The third-order valence-corrected chi connectivity index (χ3v) is 4.88. The molecule has 1 aromatic carbocycles. The number of rotatable bonds is 4. The van der Waals surface area contributed by atoms with Crippen LogP contribution in [0.25, 0.3) is 0 Å². The van der Waals surface area contributed by atoms with Crippen LogP contribution in [0.3, 0.4) is 0 Å². The molecule has 0 N–H and O–H groups in total. The molecule has 1 atom stereocenters. The van der Waals surface area contributed by atoms with Crippen LogP contribution in [0, 0.1) is 0 Å². The summed E-state index contributed by atoms with van der Waals surface area (Å²) in [7, 11) is 1.89. The molecule has 0 spiro atoms. The number of amides is 1. The van der Waals surface area contributed by atoms with Gasteiger partial charge in [0.05, 0.1) is 24.6 Å². The number of nitrogens with zero attached hydrogens (tertiary/aromatic N) is 4. The Bertz CT molecular complexity index is 884. The first-order valence-corrected chi connectivity index (χ1v) is 8.81. The van der Waals surface area contributed by atoms with Gasteiger partial charge < -0.3 is 18.8 Å². The average molecular weight is 350 g/mol. The van der Waals surface area contributed by atoms with E-state index in [1.807, 2.05) is 77.7 Å². The molecule has 6 heteroatoms. The lowest BCUT2D eigenvalue weighted by atomic mass is 10.1. The molecule has 3 aromatic rings. The highest BCUT2D eigenvalue weighted by molar-refractivity contribution is 5.93. The zero-order valence-corrected chi connectivity index (χ0v) is 14.8. The van der Waals surface area contributed by atoms with Gasteiger partial charge in [0, 0.05) is 26.0 Å². The van der Waals surface area contributed by atoms with E-state index in [-0.39, 0.29) is 11.9 Å². The molecule has 0 bridgehead atoms. The van der Waals surface area contributed by atoms with E-state index < -0.39 is 0 Å². The molecule has 26 heavy (non-hydrogen) atoms. The van der Waals surface area contributed by atoms with Crippen molar-refractivity contribution in [3.8, 4) is 5.75 Å². The van der Waals surface area contributed by atoms with E-state index in [2.05, 4.69) is 9.55 Å². The SMILES string of the molecule is Cn1cccc1C(=O)N1Cc2cncn2CC[C@@H]1COc1ccccc1. The topological polar surface area (TPSA) is 52.3 Å². The predicted molar refractivity (Wildman–Crippen MR) is 97.9 cm³/mol. The number of aromatic nitrogens is 3. The van der Waals surface area contributed by atoms with E-state index in [0.717, 1.165) is 24.4 Å². The zero-order valence-electron chi connectivity index (χ0n) is 14.8. The highest BCUT2D eigenvalue weighted by Gasteiger charge is 2.30. The van der Waals surface area contributed by atoms with E-state index in [0.29, 0.717) is 18.8 Å². The Kier molecular flexibility index (Phi) is 4.48. The maximum Gasteiger partial charge on any atom is 0.271 e. The monoisotopic (exact) mass is 350 g/mol. The molecule has 0 aliphatic carbocycles. The van der Waals surface area contributed by atoms with E-state index in [1.54, 1.807) is 0 Å². The van der Waals surface area contributed by atoms with E-state index >= 15 is 0 Å². The number of hydrogen-bond acceptors (Lipinski definition) is 3. The van der Waals surface area contributed by atoms with Crippen molar-refractivity contribution in [1.29, 1.82) is 0 Å². The van der Waals surface area contributed by atoms with Crippen molar-refractivity contribution in [3.63, 3.8) is 0 Å². The molecule has 2 aromatic heterocycles. The van der Waals surface area contributed by atoms with Crippen molar-refractivity contribution >= 4 is 5.91 Å². The Morgan fingerprint density at radius 3 is 2.85 bits per heavy atom. The molecule has 1 aliphatic heterocycles. The first-order valence-electron chi connectivity index (χ1n) is 8.81. The van der Waals surface area contributed by atoms with Crippen LogP contribution in [0.2, 0.25) is 0 Å². The van der Waals surface area contributed by atoms with Crippen LogP contribution < -0.4 is 4.74 Å². The second kappa shape index (κ2) is 7.07. The Morgan fingerprint density at radius 2 is 2.08 bits per heavy atom. The minimum Gasteiger partial charge on any atom is -0.491 e. The predicted octanol–water partition coefficient (Wildman–Crippen LogP) is 2.72. The van der Waals surface area contributed by atoms with Crippen molar-refractivity contribution in [2.75, 3.05) is 6.61 Å². The van der Waals surface area contributed by atoms with E-state index in [1.165, 1.54) is 0 Å². The summed E-state index contributed by atoms with van der Waals surface area (Å²) in [6.07, 6.45) is 6.39. The molecular formula is C20H22N4O2. The number of carbonyl (C=O) groups is 1. The number of fused-ring (bicyclic) bond motifs is 1. The van der Waals surface area contributed by atoms with E-state index in [4.69, 9.17) is 4.74 Å². The Balaban J connectivity index is 1.58. The van der Waals surface area contributed by atoms with Gasteiger partial charge in [0.2, 0.25) is 0 Å². The third-order valence-electron chi connectivity index (χ3n) is 4.88. The molecule has 0 fully saturated rings. The number of ether oxygens (including phenoxy) is 1. The maximum absolute atomic E-state index is 13.2. The number of para-hydroxylation sites is 1. The lowest BCUT2D eigenvalue weighted by molar-refractivity contribution is 0.0579. The van der Waals surface area contributed by atoms with Crippen LogP contribution in [0.5, 0.6) is 5.75 Å². The fourth-order valence-corrected chi connectivity index (χ4v) is 3.38. The normalized spacial score (nSPS) is 16.8. The van der Waals surface area contributed by atoms with Gasteiger partial charge >= 0.3 is 0 Å².